The van der Waals surface area contributed by atoms with Crippen LogP contribution < -0.4 is 4.74 Å². The Morgan fingerprint density at radius 2 is 1.42 bits per heavy atom. The molecule has 4 nitrogen and oxygen atoms in total. The third-order valence-corrected chi connectivity index (χ3v) is 6.38. The van der Waals surface area contributed by atoms with Crippen LogP contribution in [0.2, 0.25) is 0 Å². The molecule has 2 aliphatic carbocycles. The molecule has 26 heavy (non-hydrogen) atoms. The number of hydrogen-bond donors (Lipinski definition) is 0. The van der Waals surface area contributed by atoms with Crippen LogP contribution in [0.4, 0.5) is 0 Å². The SMILES string of the molecule is COc1c(Br)cc(C2C3=C(CCCC3=O)OC3=C2C(=O)CCC3)cc1Br. The summed E-state index contributed by atoms with van der Waals surface area (Å²) in [5.41, 5.74) is 2.22. The van der Waals surface area contributed by atoms with Crippen LogP contribution >= 0.6 is 31.9 Å². The van der Waals surface area contributed by atoms with Gasteiger partial charge in [0.25, 0.3) is 0 Å². The Bertz CT molecular complexity index is 817. The van der Waals surface area contributed by atoms with E-state index in [9.17, 15) is 9.59 Å². The minimum atomic E-state index is -0.354. The van der Waals surface area contributed by atoms with Crippen molar-refractivity contribution >= 4 is 43.4 Å². The van der Waals surface area contributed by atoms with Crippen molar-refractivity contribution in [1.29, 1.82) is 0 Å². The topological polar surface area (TPSA) is 52.6 Å². The van der Waals surface area contributed by atoms with Crippen LogP contribution in [0.25, 0.3) is 0 Å². The summed E-state index contributed by atoms with van der Waals surface area (Å²) in [6.45, 7) is 0. The summed E-state index contributed by atoms with van der Waals surface area (Å²) in [6.07, 6.45) is 4.12. The lowest BCUT2D eigenvalue weighted by Gasteiger charge is -2.36. The van der Waals surface area contributed by atoms with E-state index in [1.54, 1.807) is 7.11 Å². The predicted octanol–water partition coefficient (Wildman–Crippen LogP) is 5.35. The summed E-state index contributed by atoms with van der Waals surface area (Å²) in [5.74, 6) is 2.01. The molecule has 3 aliphatic rings. The normalized spacial score (nSPS) is 20.7. The van der Waals surface area contributed by atoms with E-state index >= 15 is 0 Å². The molecule has 0 aromatic heterocycles. The van der Waals surface area contributed by atoms with E-state index in [4.69, 9.17) is 9.47 Å². The molecule has 4 rings (SSSR count). The van der Waals surface area contributed by atoms with E-state index in [0.717, 1.165) is 51.7 Å². The standard InChI is InChI=1S/C20H18Br2O4/c1-25-20-11(21)8-10(9-12(20)22)17-18-13(23)4-2-6-15(18)26-16-7-3-5-14(24)19(16)17/h8-9,17H,2-7H2,1H3. The number of halogens is 2. The lowest BCUT2D eigenvalue weighted by Crippen LogP contribution is -2.30. The van der Waals surface area contributed by atoms with Gasteiger partial charge in [0, 0.05) is 42.7 Å². The molecule has 136 valence electrons. The molecule has 0 saturated carbocycles. The molecular formula is C20H18Br2O4. The molecule has 1 aliphatic heterocycles. The van der Waals surface area contributed by atoms with Gasteiger partial charge in [-0.3, -0.25) is 9.59 Å². The average Bonchev–Trinajstić information content (AvgIpc) is 2.60. The van der Waals surface area contributed by atoms with Crippen molar-refractivity contribution in [1.82, 2.24) is 0 Å². The van der Waals surface area contributed by atoms with E-state index in [-0.39, 0.29) is 17.5 Å². The van der Waals surface area contributed by atoms with Crippen molar-refractivity contribution in [2.24, 2.45) is 0 Å². The summed E-state index contributed by atoms with van der Waals surface area (Å²) in [5, 5.41) is 0. The fourth-order valence-corrected chi connectivity index (χ4v) is 5.64. The summed E-state index contributed by atoms with van der Waals surface area (Å²) < 4.78 is 13.0. The first-order valence-corrected chi connectivity index (χ1v) is 10.3. The Morgan fingerprint density at radius 3 is 1.88 bits per heavy atom. The van der Waals surface area contributed by atoms with Gasteiger partial charge in [-0.25, -0.2) is 0 Å². The fraction of sp³-hybridized carbons (Fsp3) is 0.400. The van der Waals surface area contributed by atoms with Gasteiger partial charge in [0.1, 0.15) is 17.3 Å². The summed E-state index contributed by atoms with van der Waals surface area (Å²) >= 11 is 7.09. The van der Waals surface area contributed by atoms with E-state index in [1.165, 1.54) is 0 Å². The molecule has 0 amide bonds. The summed E-state index contributed by atoms with van der Waals surface area (Å²) in [7, 11) is 1.61. The van der Waals surface area contributed by atoms with Crippen molar-refractivity contribution in [3.8, 4) is 5.75 Å². The quantitative estimate of drug-likeness (QED) is 0.571. The first kappa shape index (κ1) is 18.0. The molecule has 0 bridgehead atoms. The van der Waals surface area contributed by atoms with Crippen LogP contribution in [-0.4, -0.2) is 18.7 Å². The van der Waals surface area contributed by atoms with Gasteiger partial charge in [0.2, 0.25) is 0 Å². The Kier molecular flexibility index (Phi) is 4.82. The molecule has 0 N–H and O–H groups in total. The van der Waals surface area contributed by atoms with Gasteiger partial charge in [0.15, 0.2) is 11.6 Å². The smallest absolute Gasteiger partial charge is 0.163 e. The monoisotopic (exact) mass is 480 g/mol. The average molecular weight is 482 g/mol. The van der Waals surface area contributed by atoms with Crippen molar-refractivity contribution in [2.45, 2.75) is 44.4 Å². The van der Waals surface area contributed by atoms with Crippen LogP contribution in [0.15, 0.2) is 43.7 Å². The molecule has 0 radical (unpaired) electrons. The van der Waals surface area contributed by atoms with Crippen molar-refractivity contribution in [2.75, 3.05) is 7.11 Å². The fourth-order valence-electron chi connectivity index (χ4n) is 4.09. The second-order valence-corrected chi connectivity index (χ2v) is 8.49. The van der Waals surface area contributed by atoms with E-state index < -0.39 is 0 Å². The highest BCUT2D eigenvalue weighted by Crippen LogP contribution is 2.49. The number of ether oxygens (including phenoxy) is 2. The maximum atomic E-state index is 12.8. The van der Waals surface area contributed by atoms with Crippen molar-refractivity contribution in [3.63, 3.8) is 0 Å². The van der Waals surface area contributed by atoms with Gasteiger partial charge in [-0.05, 0) is 62.4 Å². The molecule has 1 aromatic rings. The molecule has 0 saturated heterocycles. The summed E-state index contributed by atoms with van der Waals surface area (Å²) in [6, 6.07) is 3.89. The predicted molar refractivity (Wildman–Crippen MR) is 104 cm³/mol. The number of ketones is 2. The lowest BCUT2D eigenvalue weighted by atomic mass is 9.73. The largest absolute Gasteiger partial charge is 0.494 e. The zero-order chi connectivity index (χ0) is 18.4. The number of methoxy groups -OCH3 is 1. The number of carbonyl (C=O) groups excluding carboxylic acids is 2. The van der Waals surface area contributed by atoms with Gasteiger partial charge in [-0.1, -0.05) is 0 Å². The van der Waals surface area contributed by atoms with E-state index in [2.05, 4.69) is 31.9 Å². The third kappa shape index (κ3) is 2.87. The van der Waals surface area contributed by atoms with Gasteiger partial charge in [-0.2, -0.15) is 0 Å². The molecule has 1 aromatic carbocycles. The van der Waals surface area contributed by atoms with Crippen molar-refractivity contribution < 1.29 is 19.1 Å². The maximum absolute atomic E-state index is 12.8. The van der Waals surface area contributed by atoms with Crippen LogP contribution in [0.3, 0.4) is 0 Å². The molecule has 0 atom stereocenters. The first-order valence-electron chi connectivity index (χ1n) is 8.74. The lowest BCUT2D eigenvalue weighted by molar-refractivity contribution is -0.117. The van der Waals surface area contributed by atoms with Gasteiger partial charge >= 0.3 is 0 Å². The van der Waals surface area contributed by atoms with Crippen LogP contribution in [0.1, 0.15) is 50.0 Å². The second kappa shape index (κ2) is 6.97. The second-order valence-electron chi connectivity index (χ2n) is 6.78. The Balaban J connectivity index is 1.93. The third-order valence-electron chi connectivity index (χ3n) is 5.20. The summed E-state index contributed by atoms with van der Waals surface area (Å²) in [4.78, 5) is 25.5. The zero-order valence-corrected chi connectivity index (χ0v) is 17.5. The number of hydrogen-bond acceptors (Lipinski definition) is 4. The maximum Gasteiger partial charge on any atom is 0.163 e. The number of carbonyl (C=O) groups is 2. The number of Topliss-reactive ketones (excluding diaryl/α,β-unsaturated/α-hetero) is 2. The highest BCUT2D eigenvalue weighted by Gasteiger charge is 2.42. The number of allylic oxidation sites excluding steroid dienone is 4. The molecule has 6 heteroatoms. The minimum absolute atomic E-state index is 0.0873. The van der Waals surface area contributed by atoms with E-state index in [0.29, 0.717) is 29.7 Å². The molecular weight excluding hydrogens is 464 g/mol. The van der Waals surface area contributed by atoms with Crippen LogP contribution in [0, 0.1) is 0 Å². The van der Waals surface area contributed by atoms with Crippen molar-refractivity contribution in [3.05, 3.63) is 49.3 Å². The number of rotatable bonds is 2. The Labute approximate surface area is 168 Å². The van der Waals surface area contributed by atoms with Crippen LogP contribution in [0.5, 0.6) is 5.75 Å². The first-order chi connectivity index (χ1) is 12.5. The molecule has 0 fully saturated rings. The van der Waals surface area contributed by atoms with Gasteiger partial charge in [-0.15, -0.1) is 0 Å². The van der Waals surface area contributed by atoms with Crippen LogP contribution in [-0.2, 0) is 14.3 Å². The molecule has 1 heterocycles. The van der Waals surface area contributed by atoms with Gasteiger partial charge in [0.05, 0.1) is 16.1 Å². The molecule has 0 unspecified atom stereocenters. The highest BCUT2D eigenvalue weighted by atomic mass is 79.9. The highest BCUT2D eigenvalue weighted by molar-refractivity contribution is 9.11. The Morgan fingerprint density at radius 1 is 0.923 bits per heavy atom. The zero-order valence-electron chi connectivity index (χ0n) is 14.4. The van der Waals surface area contributed by atoms with Gasteiger partial charge < -0.3 is 9.47 Å². The number of benzene rings is 1. The van der Waals surface area contributed by atoms with E-state index in [1.807, 2.05) is 12.1 Å². The molecule has 0 spiro atoms. The minimum Gasteiger partial charge on any atom is -0.494 e. The Hall–Kier alpha value is -1.40.